The van der Waals surface area contributed by atoms with E-state index in [4.69, 9.17) is 9.47 Å². The van der Waals surface area contributed by atoms with Gasteiger partial charge >= 0.3 is 5.97 Å². The smallest absolute Gasteiger partial charge is 0.341 e. The molecule has 1 heterocycles. The van der Waals surface area contributed by atoms with Crippen molar-refractivity contribution < 1.29 is 14.3 Å². The molecule has 0 bridgehead atoms. The van der Waals surface area contributed by atoms with Gasteiger partial charge in [-0.05, 0) is 25.2 Å². The van der Waals surface area contributed by atoms with Gasteiger partial charge in [-0.3, -0.25) is 0 Å². The summed E-state index contributed by atoms with van der Waals surface area (Å²) in [6.45, 7) is 4.85. The summed E-state index contributed by atoms with van der Waals surface area (Å²) in [6, 6.07) is 0. The van der Waals surface area contributed by atoms with Crippen LogP contribution < -0.4 is 0 Å². The fourth-order valence-electron chi connectivity index (χ4n) is 2.92. The van der Waals surface area contributed by atoms with Gasteiger partial charge in [0.25, 0.3) is 0 Å². The van der Waals surface area contributed by atoms with Crippen LogP contribution in [0, 0.1) is 5.92 Å². The molecule has 3 unspecified atom stereocenters. The van der Waals surface area contributed by atoms with Crippen LogP contribution in [0.25, 0.3) is 0 Å². The minimum Gasteiger partial charge on any atom is -0.463 e. The lowest BCUT2D eigenvalue weighted by atomic mass is 9.80. The Bertz CT molecular complexity index is 277. The van der Waals surface area contributed by atoms with Gasteiger partial charge in [-0.15, -0.1) is 0 Å². The Labute approximate surface area is 104 Å². The first-order valence-corrected chi connectivity index (χ1v) is 7.07. The zero-order chi connectivity index (χ0) is 12.3. The Morgan fingerprint density at radius 3 is 2.88 bits per heavy atom. The summed E-state index contributed by atoms with van der Waals surface area (Å²) in [5.74, 6) is 0.218. The number of rotatable bonds is 6. The summed E-state index contributed by atoms with van der Waals surface area (Å²) in [5.41, 5.74) is -0.553. The first-order chi connectivity index (χ1) is 8.21. The molecule has 0 radical (unpaired) electrons. The van der Waals surface area contributed by atoms with Gasteiger partial charge in [0.15, 0.2) is 5.60 Å². The standard InChI is InChI=1S/C14H24O3/c1-3-4-5-6-10-16-13(15)14-11(2)8-7-9-12(14)17-14/h11-12H,3-10H2,1-2H3. The van der Waals surface area contributed by atoms with Gasteiger partial charge in [0.2, 0.25) is 0 Å². The monoisotopic (exact) mass is 240 g/mol. The number of epoxide rings is 1. The van der Waals surface area contributed by atoms with E-state index < -0.39 is 5.60 Å². The molecular formula is C14H24O3. The molecule has 3 atom stereocenters. The van der Waals surface area contributed by atoms with Crippen molar-refractivity contribution in [2.45, 2.75) is 70.5 Å². The lowest BCUT2D eigenvalue weighted by molar-refractivity contribution is -0.152. The highest BCUT2D eigenvalue weighted by Gasteiger charge is 2.67. The van der Waals surface area contributed by atoms with Gasteiger partial charge < -0.3 is 9.47 Å². The minimum atomic E-state index is -0.553. The molecule has 0 spiro atoms. The second kappa shape index (κ2) is 5.38. The molecule has 0 aromatic heterocycles. The molecule has 0 N–H and O–H groups in total. The molecule has 2 aliphatic rings. The number of hydrogen-bond acceptors (Lipinski definition) is 3. The Balaban J connectivity index is 1.73. The summed E-state index contributed by atoms with van der Waals surface area (Å²) in [7, 11) is 0. The van der Waals surface area contributed by atoms with Crippen molar-refractivity contribution in [2.24, 2.45) is 5.92 Å². The number of fused-ring (bicyclic) bond motifs is 1. The minimum absolute atomic E-state index is 0.105. The van der Waals surface area contributed by atoms with E-state index in [1.165, 1.54) is 19.3 Å². The molecule has 1 aliphatic heterocycles. The number of unbranched alkanes of at least 4 members (excludes halogenated alkanes) is 3. The lowest BCUT2D eigenvalue weighted by Crippen LogP contribution is -2.38. The maximum Gasteiger partial charge on any atom is 0.341 e. The van der Waals surface area contributed by atoms with E-state index in [9.17, 15) is 4.79 Å². The number of ether oxygens (including phenoxy) is 2. The van der Waals surface area contributed by atoms with E-state index in [1.807, 2.05) is 0 Å². The highest BCUT2D eigenvalue weighted by atomic mass is 16.7. The highest BCUT2D eigenvalue weighted by Crippen LogP contribution is 2.51. The average Bonchev–Trinajstić information content (AvgIpc) is 3.06. The summed E-state index contributed by atoms with van der Waals surface area (Å²) in [6.07, 6.45) is 7.99. The molecule has 0 aromatic rings. The molecular weight excluding hydrogens is 216 g/mol. The van der Waals surface area contributed by atoms with Crippen molar-refractivity contribution >= 4 is 5.97 Å². The topological polar surface area (TPSA) is 38.8 Å². The molecule has 3 heteroatoms. The Morgan fingerprint density at radius 1 is 1.35 bits per heavy atom. The van der Waals surface area contributed by atoms with Crippen molar-refractivity contribution in [1.29, 1.82) is 0 Å². The zero-order valence-corrected chi connectivity index (χ0v) is 11.0. The molecule has 1 aliphatic carbocycles. The van der Waals surface area contributed by atoms with Crippen molar-refractivity contribution in [2.75, 3.05) is 6.61 Å². The maximum absolute atomic E-state index is 12.1. The molecule has 17 heavy (non-hydrogen) atoms. The SMILES string of the molecule is CCCCCCOC(=O)C12OC1CCCC2C. The van der Waals surface area contributed by atoms with E-state index in [0.717, 1.165) is 25.7 Å². The van der Waals surface area contributed by atoms with Gasteiger partial charge in [0.05, 0.1) is 12.7 Å². The first kappa shape index (κ1) is 12.9. The maximum atomic E-state index is 12.1. The van der Waals surface area contributed by atoms with Crippen LogP contribution in [0.4, 0.5) is 0 Å². The van der Waals surface area contributed by atoms with Crippen LogP contribution in [-0.4, -0.2) is 24.3 Å². The van der Waals surface area contributed by atoms with Gasteiger partial charge in [0.1, 0.15) is 0 Å². The van der Waals surface area contributed by atoms with Crippen molar-refractivity contribution in [3.8, 4) is 0 Å². The van der Waals surface area contributed by atoms with E-state index in [0.29, 0.717) is 12.5 Å². The molecule has 0 amide bonds. The van der Waals surface area contributed by atoms with Crippen LogP contribution in [0.5, 0.6) is 0 Å². The Kier molecular flexibility index (Phi) is 4.08. The van der Waals surface area contributed by atoms with E-state index in [1.54, 1.807) is 0 Å². The Hall–Kier alpha value is -0.570. The third-order valence-corrected chi connectivity index (χ3v) is 4.14. The molecule has 2 fully saturated rings. The summed E-state index contributed by atoms with van der Waals surface area (Å²) >= 11 is 0. The molecule has 2 rings (SSSR count). The van der Waals surface area contributed by atoms with Crippen LogP contribution in [0.1, 0.15) is 58.8 Å². The van der Waals surface area contributed by atoms with Gasteiger partial charge in [-0.2, -0.15) is 0 Å². The largest absolute Gasteiger partial charge is 0.463 e. The highest BCUT2D eigenvalue weighted by molar-refractivity contribution is 5.84. The van der Waals surface area contributed by atoms with Crippen LogP contribution in [0.2, 0.25) is 0 Å². The lowest BCUT2D eigenvalue weighted by Gasteiger charge is -2.23. The second-order valence-corrected chi connectivity index (χ2v) is 5.43. The molecule has 98 valence electrons. The summed E-state index contributed by atoms with van der Waals surface area (Å²) in [5, 5.41) is 0. The van der Waals surface area contributed by atoms with Gasteiger partial charge in [-0.1, -0.05) is 39.5 Å². The second-order valence-electron chi connectivity index (χ2n) is 5.43. The molecule has 1 saturated carbocycles. The van der Waals surface area contributed by atoms with Crippen molar-refractivity contribution in [3.63, 3.8) is 0 Å². The fourth-order valence-corrected chi connectivity index (χ4v) is 2.92. The molecule has 1 saturated heterocycles. The van der Waals surface area contributed by atoms with Gasteiger partial charge in [0, 0.05) is 0 Å². The predicted molar refractivity (Wildman–Crippen MR) is 65.7 cm³/mol. The number of carbonyl (C=O) groups excluding carboxylic acids is 1. The van der Waals surface area contributed by atoms with Crippen LogP contribution in [0.3, 0.4) is 0 Å². The Morgan fingerprint density at radius 2 is 2.18 bits per heavy atom. The first-order valence-electron chi connectivity index (χ1n) is 7.07. The van der Waals surface area contributed by atoms with E-state index >= 15 is 0 Å². The van der Waals surface area contributed by atoms with Crippen LogP contribution in [-0.2, 0) is 14.3 Å². The van der Waals surface area contributed by atoms with Crippen LogP contribution >= 0.6 is 0 Å². The van der Waals surface area contributed by atoms with E-state index in [2.05, 4.69) is 13.8 Å². The fraction of sp³-hybridized carbons (Fsp3) is 0.929. The third kappa shape index (κ3) is 2.49. The number of carbonyl (C=O) groups is 1. The van der Waals surface area contributed by atoms with E-state index in [-0.39, 0.29) is 12.1 Å². The third-order valence-electron chi connectivity index (χ3n) is 4.14. The summed E-state index contributed by atoms with van der Waals surface area (Å²) < 4.78 is 11.0. The number of hydrogen-bond donors (Lipinski definition) is 0. The van der Waals surface area contributed by atoms with Crippen molar-refractivity contribution in [1.82, 2.24) is 0 Å². The molecule has 0 aromatic carbocycles. The van der Waals surface area contributed by atoms with Gasteiger partial charge in [-0.25, -0.2) is 4.79 Å². The number of esters is 1. The quantitative estimate of drug-likeness (QED) is 0.407. The molecule has 3 nitrogen and oxygen atoms in total. The van der Waals surface area contributed by atoms with Crippen LogP contribution in [0.15, 0.2) is 0 Å². The zero-order valence-electron chi connectivity index (χ0n) is 11.0. The summed E-state index contributed by atoms with van der Waals surface area (Å²) in [4.78, 5) is 12.1. The average molecular weight is 240 g/mol. The normalized spacial score (nSPS) is 35.2. The van der Waals surface area contributed by atoms with Crippen molar-refractivity contribution in [3.05, 3.63) is 0 Å². The predicted octanol–water partition coefficient (Wildman–Crippen LogP) is 3.07.